The predicted molar refractivity (Wildman–Crippen MR) is 41.1 cm³/mol. The molecule has 0 aliphatic rings. The molecule has 1 rings (SSSR count). The van der Waals surface area contributed by atoms with Gasteiger partial charge in [-0.25, -0.2) is 8.78 Å². The number of benzene rings is 1. The molecule has 0 saturated carbocycles. The van der Waals surface area contributed by atoms with Crippen molar-refractivity contribution in [3.8, 4) is 6.07 Å². The van der Waals surface area contributed by atoms with Crippen molar-refractivity contribution >= 4 is 5.57 Å². The highest BCUT2D eigenvalue weighted by Crippen LogP contribution is 2.13. The molecule has 0 amide bonds. The summed E-state index contributed by atoms with van der Waals surface area (Å²) in [6.07, 6.45) is 0.202. The Morgan fingerprint density at radius 2 is 1.92 bits per heavy atom. The van der Waals surface area contributed by atoms with Crippen LogP contribution in [0.5, 0.6) is 0 Å². The van der Waals surface area contributed by atoms with Gasteiger partial charge < -0.3 is 0 Å². The number of allylic oxidation sites excluding steroid dienone is 1. The van der Waals surface area contributed by atoms with E-state index in [1.54, 1.807) is 6.07 Å². The highest BCUT2D eigenvalue weighted by molar-refractivity contribution is 5.75. The molecule has 3 heteroatoms. The van der Waals surface area contributed by atoms with E-state index in [0.29, 0.717) is 5.56 Å². The largest absolute Gasteiger partial charge is 0.214 e. The molecule has 0 radical (unpaired) electrons. The average Bonchev–Trinajstić information content (AvgIpc) is 2.10. The molecule has 0 aliphatic heterocycles. The first-order chi connectivity index (χ1) is 5.77. The minimum atomic E-state index is -0.408. The van der Waals surface area contributed by atoms with Gasteiger partial charge in [0.25, 0.3) is 0 Å². The van der Waals surface area contributed by atoms with Crippen molar-refractivity contribution in [3.63, 3.8) is 0 Å². The first-order valence-corrected chi connectivity index (χ1v) is 3.24. The third-order valence-corrected chi connectivity index (χ3v) is 1.38. The molecule has 12 heavy (non-hydrogen) atoms. The summed E-state index contributed by atoms with van der Waals surface area (Å²) in [4.78, 5) is 0. The maximum absolute atomic E-state index is 12.4. The molecule has 0 bridgehead atoms. The molecular formula is C9H5F2N. The molecule has 0 N–H and O–H groups in total. The second kappa shape index (κ2) is 3.63. The van der Waals surface area contributed by atoms with Crippen LogP contribution in [0.15, 0.2) is 30.6 Å². The molecule has 0 heterocycles. The fraction of sp³-hybridized carbons (Fsp3) is 0. The highest BCUT2D eigenvalue weighted by Gasteiger charge is 1.99. The van der Waals surface area contributed by atoms with E-state index >= 15 is 0 Å². The van der Waals surface area contributed by atoms with Gasteiger partial charge in [-0.1, -0.05) is 12.1 Å². The molecule has 0 aromatic heterocycles. The lowest BCUT2D eigenvalue weighted by Crippen LogP contribution is -1.80. The summed E-state index contributed by atoms with van der Waals surface area (Å²) in [5.41, 5.74) is 0.274. The molecule has 0 saturated heterocycles. The van der Waals surface area contributed by atoms with Crippen molar-refractivity contribution in [1.29, 1.82) is 5.26 Å². The lowest BCUT2D eigenvalue weighted by Gasteiger charge is -1.94. The maximum Gasteiger partial charge on any atom is 0.123 e. The van der Waals surface area contributed by atoms with Gasteiger partial charge in [0.1, 0.15) is 18.2 Å². The minimum absolute atomic E-state index is 0.102. The SMILES string of the molecule is N#C/C(=C\F)c1ccc(F)cc1. The molecule has 0 atom stereocenters. The normalized spacial score (nSPS) is 10.9. The fourth-order valence-electron chi connectivity index (χ4n) is 0.781. The highest BCUT2D eigenvalue weighted by atomic mass is 19.1. The van der Waals surface area contributed by atoms with Crippen LogP contribution in [0.1, 0.15) is 5.56 Å². The van der Waals surface area contributed by atoms with Crippen molar-refractivity contribution in [2.45, 2.75) is 0 Å². The van der Waals surface area contributed by atoms with Gasteiger partial charge in [0.15, 0.2) is 0 Å². The second-order valence-electron chi connectivity index (χ2n) is 2.14. The van der Waals surface area contributed by atoms with Crippen LogP contribution in [0.25, 0.3) is 5.57 Å². The number of nitriles is 1. The van der Waals surface area contributed by atoms with Crippen LogP contribution in [-0.4, -0.2) is 0 Å². The molecule has 1 aromatic carbocycles. The fourth-order valence-corrected chi connectivity index (χ4v) is 0.781. The number of hydrogen-bond donors (Lipinski definition) is 0. The maximum atomic E-state index is 12.4. The van der Waals surface area contributed by atoms with Crippen LogP contribution in [0.4, 0.5) is 8.78 Å². The average molecular weight is 165 g/mol. The lowest BCUT2D eigenvalue weighted by atomic mass is 10.1. The van der Waals surface area contributed by atoms with E-state index in [1.807, 2.05) is 0 Å². The van der Waals surface area contributed by atoms with Crippen molar-refractivity contribution in [2.75, 3.05) is 0 Å². The van der Waals surface area contributed by atoms with Crippen LogP contribution < -0.4 is 0 Å². The zero-order valence-corrected chi connectivity index (χ0v) is 6.09. The number of hydrogen-bond acceptors (Lipinski definition) is 1. The van der Waals surface area contributed by atoms with Gasteiger partial charge in [0, 0.05) is 0 Å². The molecule has 0 unspecified atom stereocenters. The van der Waals surface area contributed by atoms with E-state index in [-0.39, 0.29) is 11.9 Å². The summed E-state index contributed by atoms with van der Waals surface area (Å²) in [5, 5.41) is 8.40. The molecule has 1 nitrogen and oxygen atoms in total. The summed E-state index contributed by atoms with van der Waals surface area (Å²) < 4.78 is 24.3. The molecule has 0 aliphatic carbocycles. The summed E-state index contributed by atoms with van der Waals surface area (Å²) in [6.45, 7) is 0. The Labute approximate surface area is 68.6 Å². The first kappa shape index (κ1) is 8.41. The Morgan fingerprint density at radius 3 is 2.33 bits per heavy atom. The Bertz CT molecular complexity index is 333. The van der Waals surface area contributed by atoms with E-state index in [4.69, 9.17) is 5.26 Å². The van der Waals surface area contributed by atoms with Crippen LogP contribution in [0.2, 0.25) is 0 Å². The van der Waals surface area contributed by atoms with Gasteiger partial charge in [-0.05, 0) is 17.7 Å². The Hall–Kier alpha value is -1.69. The van der Waals surface area contributed by atoms with Crippen molar-refractivity contribution in [2.24, 2.45) is 0 Å². The smallest absolute Gasteiger partial charge is 0.123 e. The Morgan fingerprint density at radius 1 is 1.33 bits per heavy atom. The van der Waals surface area contributed by atoms with Gasteiger partial charge in [0.05, 0.1) is 5.57 Å². The van der Waals surface area contributed by atoms with Crippen LogP contribution in [-0.2, 0) is 0 Å². The van der Waals surface area contributed by atoms with Gasteiger partial charge in [-0.3, -0.25) is 0 Å². The third-order valence-electron chi connectivity index (χ3n) is 1.38. The molecule has 60 valence electrons. The van der Waals surface area contributed by atoms with E-state index in [0.717, 1.165) is 0 Å². The Kier molecular flexibility index (Phi) is 2.54. The summed E-state index contributed by atoms with van der Waals surface area (Å²) in [7, 11) is 0. The van der Waals surface area contributed by atoms with Crippen molar-refractivity contribution in [1.82, 2.24) is 0 Å². The molecule has 0 fully saturated rings. The predicted octanol–water partition coefficient (Wildman–Crippen LogP) is 2.66. The van der Waals surface area contributed by atoms with Gasteiger partial charge in [0.2, 0.25) is 0 Å². The molecule has 1 aromatic rings. The van der Waals surface area contributed by atoms with Crippen molar-refractivity contribution in [3.05, 3.63) is 42.0 Å². The zero-order valence-electron chi connectivity index (χ0n) is 6.09. The third kappa shape index (κ3) is 1.67. The first-order valence-electron chi connectivity index (χ1n) is 3.24. The van der Waals surface area contributed by atoms with Crippen LogP contribution >= 0.6 is 0 Å². The second-order valence-corrected chi connectivity index (χ2v) is 2.14. The van der Waals surface area contributed by atoms with Crippen LogP contribution in [0, 0.1) is 17.1 Å². The van der Waals surface area contributed by atoms with Gasteiger partial charge >= 0.3 is 0 Å². The number of halogens is 2. The van der Waals surface area contributed by atoms with E-state index in [9.17, 15) is 8.78 Å². The summed E-state index contributed by atoms with van der Waals surface area (Å²) in [5.74, 6) is -0.408. The summed E-state index contributed by atoms with van der Waals surface area (Å²) >= 11 is 0. The van der Waals surface area contributed by atoms with Gasteiger partial charge in [-0.15, -0.1) is 0 Å². The molecular weight excluding hydrogens is 160 g/mol. The van der Waals surface area contributed by atoms with E-state index in [2.05, 4.69) is 0 Å². The van der Waals surface area contributed by atoms with Crippen LogP contribution in [0.3, 0.4) is 0 Å². The zero-order chi connectivity index (χ0) is 8.97. The number of nitrogens with zero attached hydrogens (tertiary/aromatic N) is 1. The summed E-state index contributed by atoms with van der Waals surface area (Å²) in [6, 6.07) is 6.71. The van der Waals surface area contributed by atoms with E-state index in [1.165, 1.54) is 24.3 Å². The number of rotatable bonds is 1. The minimum Gasteiger partial charge on any atom is -0.214 e. The van der Waals surface area contributed by atoms with Crippen molar-refractivity contribution < 1.29 is 8.78 Å². The monoisotopic (exact) mass is 165 g/mol. The van der Waals surface area contributed by atoms with E-state index < -0.39 is 5.82 Å². The quantitative estimate of drug-likeness (QED) is 0.587. The van der Waals surface area contributed by atoms with Gasteiger partial charge in [-0.2, -0.15) is 5.26 Å². The topological polar surface area (TPSA) is 23.8 Å². The standard InChI is InChI=1S/C9H5F2N/c10-5-8(6-12)7-1-3-9(11)4-2-7/h1-5H/b8-5+. The lowest BCUT2D eigenvalue weighted by molar-refractivity contribution is 0.627. The Balaban J connectivity index is 3.06. The molecule has 0 spiro atoms.